The minimum absolute atomic E-state index is 0.347. The predicted molar refractivity (Wildman–Crippen MR) is 66.6 cm³/mol. The van der Waals surface area contributed by atoms with Crippen molar-refractivity contribution in [2.75, 3.05) is 13.7 Å². The van der Waals surface area contributed by atoms with Gasteiger partial charge in [-0.25, -0.2) is 0 Å². The van der Waals surface area contributed by atoms with Crippen molar-refractivity contribution >= 4 is 5.97 Å². The summed E-state index contributed by atoms with van der Waals surface area (Å²) in [6, 6.07) is 0. The van der Waals surface area contributed by atoms with Crippen molar-refractivity contribution in [3.05, 3.63) is 0 Å². The standard InChI is InChI=1S/C13H25NO3/c1-10-4-6-11(7-5-10)17-9-8-13(2,14)12(15)16-3/h10-11H,4-9,14H2,1-3H3. The van der Waals surface area contributed by atoms with E-state index < -0.39 is 5.54 Å². The predicted octanol–water partition coefficient (Wildman–Crippen LogP) is 1.86. The molecule has 4 heteroatoms. The molecule has 0 radical (unpaired) electrons. The van der Waals surface area contributed by atoms with E-state index in [-0.39, 0.29) is 5.97 Å². The van der Waals surface area contributed by atoms with E-state index in [1.54, 1.807) is 6.92 Å². The number of esters is 1. The molecule has 1 aliphatic rings. The maximum Gasteiger partial charge on any atom is 0.325 e. The Morgan fingerprint density at radius 3 is 2.47 bits per heavy atom. The van der Waals surface area contributed by atoms with Crippen LogP contribution < -0.4 is 5.73 Å². The first-order valence-electron chi connectivity index (χ1n) is 6.44. The maximum atomic E-state index is 11.4. The molecule has 1 saturated carbocycles. The first-order chi connectivity index (χ1) is 7.95. The average Bonchev–Trinajstić information content (AvgIpc) is 2.30. The summed E-state index contributed by atoms with van der Waals surface area (Å²) < 4.78 is 10.4. The lowest BCUT2D eigenvalue weighted by Crippen LogP contribution is -2.46. The molecule has 1 unspecified atom stereocenters. The fraction of sp³-hybridized carbons (Fsp3) is 0.923. The summed E-state index contributed by atoms with van der Waals surface area (Å²) in [5.74, 6) is 0.447. The van der Waals surface area contributed by atoms with Gasteiger partial charge in [-0.3, -0.25) is 4.79 Å². The number of hydrogen-bond acceptors (Lipinski definition) is 4. The van der Waals surface area contributed by atoms with Crippen molar-refractivity contribution < 1.29 is 14.3 Å². The van der Waals surface area contributed by atoms with Crippen LogP contribution in [0.3, 0.4) is 0 Å². The Hall–Kier alpha value is -0.610. The SMILES string of the molecule is COC(=O)C(C)(N)CCOC1CCC(C)CC1. The molecule has 1 atom stereocenters. The van der Waals surface area contributed by atoms with E-state index in [0.717, 1.165) is 18.8 Å². The highest BCUT2D eigenvalue weighted by molar-refractivity contribution is 5.79. The second-order valence-electron chi connectivity index (χ2n) is 5.41. The third-order valence-corrected chi connectivity index (χ3v) is 3.59. The molecule has 0 spiro atoms. The zero-order valence-corrected chi connectivity index (χ0v) is 11.2. The van der Waals surface area contributed by atoms with Crippen LogP contribution in [-0.4, -0.2) is 31.3 Å². The van der Waals surface area contributed by atoms with E-state index in [2.05, 4.69) is 11.7 Å². The lowest BCUT2D eigenvalue weighted by atomic mass is 9.89. The van der Waals surface area contributed by atoms with Crippen molar-refractivity contribution in [3.63, 3.8) is 0 Å². The topological polar surface area (TPSA) is 61.5 Å². The van der Waals surface area contributed by atoms with E-state index in [1.807, 2.05) is 0 Å². The highest BCUT2D eigenvalue weighted by atomic mass is 16.5. The number of rotatable bonds is 5. The molecule has 2 N–H and O–H groups in total. The summed E-state index contributed by atoms with van der Waals surface area (Å²) in [6.45, 7) is 4.50. The largest absolute Gasteiger partial charge is 0.468 e. The Bertz CT molecular complexity index is 245. The van der Waals surface area contributed by atoms with Crippen molar-refractivity contribution in [3.8, 4) is 0 Å². The molecular formula is C13H25NO3. The smallest absolute Gasteiger partial charge is 0.325 e. The highest BCUT2D eigenvalue weighted by Gasteiger charge is 2.29. The van der Waals surface area contributed by atoms with Crippen molar-refractivity contribution in [2.45, 2.75) is 57.6 Å². The van der Waals surface area contributed by atoms with Crippen LogP contribution in [0.2, 0.25) is 0 Å². The normalized spacial score (nSPS) is 28.5. The molecule has 4 nitrogen and oxygen atoms in total. The minimum atomic E-state index is -0.934. The van der Waals surface area contributed by atoms with Gasteiger partial charge in [0.2, 0.25) is 0 Å². The molecule has 0 amide bonds. The van der Waals surface area contributed by atoms with Crippen LogP contribution in [-0.2, 0) is 14.3 Å². The van der Waals surface area contributed by atoms with Gasteiger partial charge in [0.05, 0.1) is 13.2 Å². The van der Waals surface area contributed by atoms with Crippen LogP contribution in [0.1, 0.15) is 46.0 Å². The van der Waals surface area contributed by atoms with E-state index in [9.17, 15) is 4.79 Å². The van der Waals surface area contributed by atoms with E-state index >= 15 is 0 Å². The van der Waals surface area contributed by atoms with Crippen LogP contribution in [0.5, 0.6) is 0 Å². The van der Waals surface area contributed by atoms with Gasteiger partial charge in [0.25, 0.3) is 0 Å². The van der Waals surface area contributed by atoms with Crippen LogP contribution in [0.15, 0.2) is 0 Å². The van der Waals surface area contributed by atoms with Crippen LogP contribution in [0, 0.1) is 5.92 Å². The summed E-state index contributed by atoms with van der Waals surface area (Å²) >= 11 is 0. The summed E-state index contributed by atoms with van der Waals surface area (Å²) in [7, 11) is 1.36. The van der Waals surface area contributed by atoms with Gasteiger partial charge in [-0.05, 0) is 44.9 Å². The van der Waals surface area contributed by atoms with Gasteiger partial charge in [0, 0.05) is 6.61 Å². The maximum absolute atomic E-state index is 11.4. The summed E-state index contributed by atoms with van der Waals surface area (Å²) in [5.41, 5.74) is 4.92. The highest BCUT2D eigenvalue weighted by Crippen LogP contribution is 2.25. The Labute approximate surface area is 104 Å². The Morgan fingerprint density at radius 2 is 1.94 bits per heavy atom. The number of hydrogen-bond donors (Lipinski definition) is 1. The molecule has 0 aliphatic heterocycles. The van der Waals surface area contributed by atoms with E-state index in [1.165, 1.54) is 20.0 Å². The van der Waals surface area contributed by atoms with E-state index in [4.69, 9.17) is 10.5 Å². The van der Waals surface area contributed by atoms with Crippen LogP contribution in [0.4, 0.5) is 0 Å². The zero-order chi connectivity index (χ0) is 12.9. The number of ether oxygens (including phenoxy) is 2. The summed E-state index contributed by atoms with van der Waals surface area (Å²) in [5, 5.41) is 0. The van der Waals surface area contributed by atoms with E-state index in [0.29, 0.717) is 19.1 Å². The van der Waals surface area contributed by atoms with Gasteiger partial charge in [-0.15, -0.1) is 0 Å². The number of carbonyl (C=O) groups excluding carboxylic acids is 1. The van der Waals surface area contributed by atoms with Crippen molar-refractivity contribution in [1.82, 2.24) is 0 Å². The fourth-order valence-electron chi connectivity index (χ4n) is 2.17. The van der Waals surface area contributed by atoms with Gasteiger partial charge < -0.3 is 15.2 Å². The molecule has 0 aromatic carbocycles. The average molecular weight is 243 g/mol. The van der Waals surface area contributed by atoms with Gasteiger partial charge in [-0.1, -0.05) is 6.92 Å². The molecule has 0 saturated heterocycles. The number of methoxy groups -OCH3 is 1. The molecule has 1 fully saturated rings. The summed E-state index contributed by atoms with van der Waals surface area (Å²) in [4.78, 5) is 11.4. The first-order valence-corrected chi connectivity index (χ1v) is 6.44. The second kappa shape index (κ2) is 6.36. The lowest BCUT2D eigenvalue weighted by Gasteiger charge is -2.28. The molecule has 1 rings (SSSR count). The molecule has 0 aromatic heterocycles. The molecule has 0 aromatic rings. The third-order valence-electron chi connectivity index (χ3n) is 3.59. The number of nitrogens with two attached hydrogens (primary N) is 1. The molecule has 0 bridgehead atoms. The van der Waals surface area contributed by atoms with Gasteiger partial charge in [0.1, 0.15) is 5.54 Å². The van der Waals surface area contributed by atoms with Gasteiger partial charge in [-0.2, -0.15) is 0 Å². The Kier molecular flexibility index (Phi) is 5.40. The fourth-order valence-corrected chi connectivity index (χ4v) is 2.17. The molecule has 1 aliphatic carbocycles. The molecule has 0 heterocycles. The second-order valence-corrected chi connectivity index (χ2v) is 5.41. The first kappa shape index (κ1) is 14.5. The Morgan fingerprint density at radius 1 is 1.35 bits per heavy atom. The van der Waals surface area contributed by atoms with Crippen LogP contribution >= 0.6 is 0 Å². The molecular weight excluding hydrogens is 218 g/mol. The monoisotopic (exact) mass is 243 g/mol. The summed E-state index contributed by atoms with van der Waals surface area (Å²) in [6.07, 6.45) is 5.58. The van der Waals surface area contributed by atoms with Crippen LogP contribution in [0.25, 0.3) is 0 Å². The zero-order valence-electron chi connectivity index (χ0n) is 11.2. The van der Waals surface area contributed by atoms with Crippen molar-refractivity contribution in [2.24, 2.45) is 11.7 Å². The third kappa shape index (κ3) is 4.64. The van der Waals surface area contributed by atoms with Gasteiger partial charge in [0.15, 0.2) is 0 Å². The Balaban J connectivity index is 2.21. The number of carbonyl (C=O) groups is 1. The van der Waals surface area contributed by atoms with Gasteiger partial charge >= 0.3 is 5.97 Å². The van der Waals surface area contributed by atoms with Crippen molar-refractivity contribution in [1.29, 1.82) is 0 Å². The molecule has 100 valence electrons. The minimum Gasteiger partial charge on any atom is -0.468 e. The quantitative estimate of drug-likeness (QED) is 0.749. The molecule has 17 heavy (non-hydrogen) atoms. The lowest BCUT2D eigenvalue weighted by molar-refractivity contribution is -0.147.